The standard InChI is InChI=1S/C17H12BrClF3N3/c1-7(2)24-15-10-3-8(18)6-23-17(10)25-16(19)14(15)13-11(21)4-9(20)5-12(13)22/h3-7H,1-2H3,(H,23,24,25). The van der Waals surface area contributed by atoms with E-state index in [0.717, 1.165) is 0 Å². The minimum atomic E-state index is -1.06. The first-order valence-electron chi connectivity index (χ1n) is 7.34. The van der Waals surface area contributed by atoms with E-state index in [-0.39, 0.29) is 16.8 Å². The number of rotatable bonds is 3. The molecule has 0 unspecified atom stereocenters. The molecule has 0 amide bonds. The summed E-state index contributed by atoms with van der Waals surface area (Å²) in [6, 6.07) is 2.87. The number of halogens is 5. The van der Waals surface area contributed by atoms with Crippen molar-refractivity contribution in [2.45, 2.75) is 19.9 Å². The molecule has 0 fully saturated rings. The number of nitrogens with zero attached hydrogens (tertiary/aromatic N) is 2. The maximum absolute atomic E-state index is 14.4. The summed E-state index contributed by atoms with van der Waals surface area (Å²) in [6.45, 7) is 3.74. The number of fused-ring (bicyclic) bond motifs is 1. The average molecular weight is 431 g/mol. The lowest BCUT2D eigenvalue weighted by molar-refractivity contribution is 0.548. The van der Waals surface area contributed by atoms with Crippen molar-refractivity contribution in [2.24, 2.45) is 0 Å². The summed E-state index contributed by atoms with van der Waals surface area (Å²) in [5, 5.41) is 3.54. The molecule has 130 valence electrons. The summed E-state index contributed by atoms with van der Waals surface area (Å²) in [7, 11) is 0. The SMILES string of the molecule is CC(C)Nc1c(-c2c(F)cc(F)cc2F)c(Cl)nc2ncc(Br)cc12. The molecular weight excluding hydrogens is 419 g/mol. The zero-order valence-electron chi connectivity index (χ0n) is 13.2. The van der Waals surface area contributed by atoms with E-state index in [2.05, 4.69) is 31.2 Å². The third-order valence-electron chi connectivity index (χ3n) is 3.45. The van der Waals surface area contributed by atoms with Crippen molar-refractivity contribution in [3.63, 3.8) is 0 Å². The van der Waals surface area contributed by atoms with Crippen LogP contribution in [0.1, 0.15) is 13.8 Å². The van der Waals surface area contributed by atoms with Crippen molar-refractivity contribution in [3.8, 4) is 11.1 Å². The van der Waals surface area contributed by atoms with Gasteiger partial charge in [-0.1, -0.05) is 11.6 Å². The molecule has 3 rings (SSSR count). The van der Waals surface area contributed by atoms with E-state index in [0.29, 0.717) is 33.3 Å². The van der Waals surface area contributed by atoms with Crippen LogP contribution in [-0.4, -0.2) is 16.0 Å². The minimum absolute atomic E-state index is 0.0257. The number of hydrogen-bond donors (Lipinski definition) is 1. The highest BCUT2D eigenvalue weighted by Crippen LogP contribution is 2.41. The Kier molecular flexibility index (Phi) is 4.88. The Balaban J connectivity index is 2.44. The normalized spacial score (nSPS) is 11.4. The summed E-state index contributed by atoms with van der Waals surface area (Å²) >= 11 is 9.54. The van der Waals surface area contributed by atoms with Crippen LogP contribution in [0.25, 0.3) is 22.2 Å². The number of benzene rings is 1. The molecule has 0 bridgehead atoms. The van der Waals surface area contributed by atoms with E-state index in [1.54, 1.807) is 12.3 Å². The fourth-order valence-electron chi connectivity index (χ4n) is 2.54. The van der Waals surface area contributed by atoms with Gasteiger partial charge in [0.15, 0.2) is 5.65 Å². The van der Waals surface area contributed by atoms with Crippen molar-refractivity contribution in [1.82, 2.24) is 9.97 Å². The van der Waals surface area contributed by atoms with Gasteiger partial charge in [-0.05, 0) is 35.8 Å². The maximum atomic E-state index is 14.4. The molecule has 0 aliphatic carbocycles. The van der Waals surface area contributed by atoms with Gasteiger partial charge in [-0.15, -0.1) is 0 Å². The van der Waals surface area contributed by atoms with Crippen LogP contribution in [0.15, 0.2) is 28.9 Å². The molecule has 0 radical (unpaired) electrons. The first-order valence-corrected chi connectivity index (χ1v) is 8.51. The van der Waals surface area contributed by atoms with Crippen LogP contribution in [0.3, 0.4) is 0 Å². The van der Waals surface area contributed by atoms with Crippen LogP contribution in [0.4, 0.5) is 18.9 Å². The molecule has 3 nitrogen and oxygen atoms in total. The van der Waals surface area contributed by atoms with Gasteiger partial charge in [0, 0.05) is 39.8 Å². The van der Waals surface area contributed by atoms with E-state index in [4.69, 9.17) is 11.6 Å². The van der Waals surface area contributed by atoms with Gasteiger partial charge >= 0.3 is 0 Å². The highest BCUT2D eigenvalue weighted by molar-refractivity contribution is 9.10. The second-order valence-electron chi connectivity index (χ2n) is 5.72. The van der Waals surface area contributed by atoms with E-state index < -0.39 is 23.0 Å². The van der Waals surface area contributed by atoms with Gasteiger partial charge in [-0.25, -0.2) is 23.1 Å². The fourth-order valence-corrected chi connectivity index (χ4v) is 3.14. The highest BCUT2D eigenvalue weighted by atomic mass is 79.9. The summed E-state index contributed by atoms with van der Waals surface area (Å²) in [5.74, 6) is -3.13. The third kappa shape index (κ3) is 3.43. The van der Waals surface area contributed by atoms with Crippen LogP contribution in [-0.2, 0) is 0 Å². The van der Waals surface area contributed by atoms with Gasteiger partial charge in [0.25, 0.3) is 0 Å². The largest absolute Gasteiger partial charge is 0.382 e. The molecule has 0 spiro atoms. The first kappa shape index (κ1) is 17.9. The van der Waals surface area contributed by atoms with Crippen molar-refractivity contribution >= 4 is 44.3 Å². The maximum Gasteiger partial charge on any atom is 0.163 e. The van der Waals surface area contributed by atoms with Crippen LogP contribution < -0.4 is 5.32 Å². The number of anilines is 1. The van der Waals surface area contributed by atoms with Crippen LogP contribution in [0.2, 0.25) is 5.15 Å². The molecule has 1 N–H and O–H groups in total. The smallest absolute Gasteiger partial charge is 0.163 e. The predicted molar refractivity (Wildman–Crippen MR) is 96.3 cm³/mol. The van der Waals surface area contributed by atoms with Gasteiger partial charge in [-0.2, -0.15) is 0 Å². The quantitative estimate of drug-likeness (QED) is 0.522. The average Bonchev–Trinajstić information content (AvgIpc) is 2.49. The lowest BCUT2D eigenvalue weighted by atomic mass is 10.0. The molecule has 0 atom stereocenters. The molecule has 25 heavy (non-hydrogen) atoms. The third-order valence-corrected chi connectivity index (χ3v) is 4.16. The van der Waals surface area contributed by atoms with Crippen LogP contribution in [0.5, 0.6) is 0 Å². The van der Waals surface area contributed by atoms with Gasteiger partial charge in [0.1, 0.15) is 22.6 Å². The number of aromatic nitrogens is 2. The van der Waals surface area contributed by atoms with Crippen molar-refractivity contribution in [3.05, 3.63) is 51.5 Å². The molecule has 1 aromatic carbocycles. The van der Waals surface area contributed by atoms with E-state index in [9.17, 15) is 13.2 Å². The van der Waals surface area contributed by atoms with E-state index >= 15 is 0 Å². The minimum Gasteiger partial charge on any atom is -0.382 e. The van der Waals surface area contributed by atoms with Crippen molar-refractivity contribution in [2.75, 3.05) is 5.32 Å². The Morgan fingerprint density at radius 3 is 2.32 bits per heavy atom. The lowest BCUT2D eigenvalue weighted by Crippen LogP contribution is -2.12. The molecule has 0 aliphatic heterocycles. The second-order valence-corrected chi connectivity index (χ2v) is 6.99. The van der Waals surface area contributed by atoms with Crippen molar-refractivity contribution in [1.29, 1.82) is 0 Å². The number of nitrogens with one attached hydrogen (secondary N) is 1. The molecule has 0 saturated heterocycles. The van der Waals surface area contributed by atoms with Gasteiger partial charge in [-0.3, -0.25) is 0 Å². The van der Waals surface area contributed by atoms with Gasteiger partial charge in [0.05, 0.1) is 11.3 Å². The summed E-state index contributed by atoms with van der Waals surface area (Å²) < 4.78 is 42.7. The number of hydrogen-bond acceptors (Lipinski definition) is 3. The molecule has 2 heterocycles. The Morgan fingerprint density at radius 2 is 1.72 bits per heavy atom. The second kappa shape index (κ2) is 6.80. The Hall–Kier alpha value is -1.86. The Morgan fingerprint density at radius 1 is 1.08 bits per heavy atom. The first-order chi connectivity index (χ1) is 11.8. The zero-order chi connectivity index (χ0) is 18.3. The van der Waals surface area contributed by atoms with E-state index in [1.165, 1.54) is 0 Å². The molecule has 8 heteroatoms. The monoisotopic (exact) mass is 429 g/mol. The van der Waals surface area contributed by atoms with E-state index in [1.807, 2.05) is 13.8 Å². The Bertz CT molecular complexity index is 956. The number of pyridine rings is 2. The van der Waals surface area contributed by atoms with Crippen LogP contribution in [0, 0.1) is 17.5 Å². The summed E-state index contributed by atoms with van der Waals surface area (Å²) in [6.07, 6.45) is 1.55. The summed E-state index contributed by atoms with van der Waals surface area (Å²) in [5.41, 5.74) is 0.285. The molecule has 2 aromatic heterocycles. The van der Waals surface area contributed by atoms with Gasteiger partial charge < -0.3 is 5.32 Å². The molecule has 0 saturated carbocycles. The summed E-state index contributed by atoms with van der Waals surface area (Å²) in [4.78, 5) is 8.31. The van der Waals surface area contributed by atoms with Gasteiger partial charge in [0.2, 0.25) is 0 Å². The fraction of sp³-hybridized carbons (Fsp3) is 0.176. The topological polar surface area (TPSA) is 37.8 Å². The molecule has 0 aliphatic rings. The molecule has 3 aromatic rings. The van der Waals surface area contributed by atoms with Crippen LogP contribution >= 0.6 is 27.5 Å². The zero-order valence-corrected chi connectivity index (χ0v) is 15.5. The van der Waals surface area contributed by atoms with Crippen molar-refractivity contribution < 1.29 is 13.2 Å². The highest BCUT2D eigenvalue weighted by Gasteiger charge is 2.23. The lowest BCUT2D eigenvalue weighted by Gasteiger charge is -2.19. The predicted octanol–water partition coefficient (Wildman–Crippen LogP) is 5.95. The molecular formula is C17H12BrClF3N3. The Labute approximate surface area is 155 Å².